The molecule has 0 radical (unpaired) electrons. The lowest BCUT2D eigenvalue weighted by atomic mass is 9.96. The number of carbonyl (C=O) groups excluding carboxylic acids is 1. The van der Waals surface area contributed by atoms with Gasteiger partial charge in [-0.3, -0.25) is 4.79 Å². The van der Waals surface area contributed by atoms with Gasteiger partial charge in [0.2, 0.25) is 5.91 Å². The Hall–Kier alpha value is -2.25. The van der Waals surface area contributed by atoms with Crippen molar-refractivity contribution in [1.82, 2.24) is 5.32 Å². The molecule has 17 unspecified atom stereocenters. The lowest BCUT2D eigenvalue weighted by Crippen LogP contribution is -2.66. The number of amides is 1. The smallest absolute Gasteiger partial charge is 0.220 e. The predicted molar refractivity (Wildman–Crippen MR) is 365 cm³/mol. The highest BCUT2D eigenvalue weighted by Gasteiger charge is 2.53. The zero-order valence-electron chi connectivity index (χ0n) is 57.7. The van der Waals surface area contributed by atoms with Crippen LogP contribution in [0, 0.1) is 0 Å². The number of unbranched alkanes of at least 4 members (excludes halogenated alkanes) is 36. The molecule has 0 saturated carbocycles. The van der Waals surface area contributed by atoms with Crippen LogP contribution in [-0.2, 0) is 33.2 Å². The van der Waals surface area contributed by atoms with Gasteiger partial charge >= 0.3 is 0 Å². The molecule has 3 saturated heterocycles. The maximum Gasteiger partial charge on any atom is 0.220 e. The van der Waals surface area contributed by atoms with Crippen LogP contribution in [0.1, 0.15) is 284 Å². The zero-order chi connectivity index (χ0) is 67.5. The monoisotopic (exact) mass is 1330 g/mol. The molecule has 17 atom stereocenters. The van der Waals surface area contributed by atoms with Gasteiger partial charge in [-0.05, 0) is 57.8 Å². The second-order valence-corrected chi connectivity index (χ2v) is 26.8. The zero-order valence-corrected chi connectivity index (χ0v) is 57.7. The highest BCUT2D eigenvalue weighted by Crippen LogP contribution is 2.33. The van der Waals surface area contributed by atoms with E-state index in [4.69, 9.17) is 28.4 Å². The number of aliphatic hydroxyl groups excluding tert-OH is 11. The Morgan fingerprint density at radius 2 is 0.710 bits per heavy atom. The molecule has 544 valence electrons. The third-order valence-corrected chi connectivity index (χ3v) is 18.6. The van der Waals surface area contributed by atoms with Gasteiger partial charge in [0.25, 0.3) is 0 Å². The SMILES string of the molecule is CCCCCCC/C=C\C/C=C\C/C=C\CCCCCCCCCCC(=O)NC(COC1OC(CO)C(OC2OC(CO)C(OC3OC(CO)C(O)C(O)C3O)C(O)C2O)C(O)C1O)C(O)/C=C/CCCCCCCCCCCCCCCCCCCCCCCCC. The van der Waals surface area contributed by atoms with Gasteiger partial charge in [-0.1, -0.05) is 268 Å². The lowest BCUT2D eigenvalue weighted by molar-refractivity contribution is -0.379. The van der Waals surface area contributed by atoms with E-state index in [0.717, 1.165) is 70.6 Å². The summed E-state index contributed by atoms with van der Waals surface area (Å²) >= 11 is 0. The van der Waals surface area contributed by atoms with Crippen LogP contribution in [0.2, 0.25) is 0 Å². The summed E-state index contributed by atoms with van der Waals surface area (Å²) in [5.41, 5.74) is 0. The summed E-state index contributed by atoms with van der Waals surface area (Å²) in [5, 5.41) is 121. The Morgan fingerprint density at radius 1 is 0.387 bits per heavy atom. The molecule has 3 rings (SSSR count). The largest absolute Gasteiger partial charge is 0.394 e. The number of ether oxygens (including phenoxy) is 6. The van der Waals surface area contributed by atoms with Gasteiger partial charge < -0.3 is 89.9 Å². The molecular formula is C74H135NO18. The molecule has 3 aliphatic rings. The number of nitrogens with one attached hydrogen (secondary N) is 1. The Balaban J connectivity index is 1.42. The molecule has 0 bridgehead atoms. The Kier molecular flexibility index (Phi) is 50.8. The van der Waals surface area contributed by atoms with Gasteiger partial charge in [-0.15, -0.1) is 0 Å². The molecule has 3 aliphatic heterocycles. The van der Waals surface area contributed by atoms with E-state index in [9.17, 15) is 61.0 Å². The molecule has 1 amide bonds. The number of aliphatic hydroxyl groups is 11. The summed E-state index contributed by atoms with van der Waals surface area (Å²) in [6, 6.07) is -0.980. The van der Waals surface area contributed by atoms with Crippen LogP contribution < -0.4 is 5.32 Å². The predicted octanol–water partition coefficient (Wildman–Crippen LogP) is 10.9. The normalized spacial score (nSPS) is 27.8. The van der Waals surface area contributed by atoms with Gasteiger partial charge in [0, 0.05) is 6.42 Å². The fourth-order valence-electron chi connectivity index (χ4n) is 12.6. The third kappa shape index (κ3) is 37.0. The minimum atomic E-state index is -1.98. The quantitative estimate of drug-likeness (QED) is 0.0199. The molecule has 19 nitrogen and oxygen atoms in total. The van der Waals surface area contributed by atoms with Crippen LogP contribution >= 0.6 is 0 Å². The number of hydrogen-bond donors (Lipinski definition) is 12. The number of hydrogen-bond acceptors (Lipinski definition) is 18. The van der Waals surface area contributed by atoms with Crippen molar-refractivity contribution in [2.24, 2.45) is 0 Å². The second kappa shape index (κ2) is 55.6. The van der Waals surface area contributed by atoms with Crippen LogP contribution in [-0.4, -0.2) is 193 Å². The summed E-state index contributed by atoms with van der Waals surface area (Å²) < 4.78 is 34.4. The van der Waals surface area contributed by atoms with Crippen LogP contribution in [0.15, 0.2) is 48.6 Å². The van der Waals surface area contributed by atoms with Gasteiger partial charge in [-0.25, -0.2) is 0 Å². The first-order chi connectivity index (χ1) is 45.3. The van der Waals surface area contributed by atoms with Crippen molar-refractivity contribution < 1.29 is 89.4 Å². The van der Waals surface area contributed by atoms with Crippen molar-refractivity contribution in [2.45, 2.75) is 388 Å². The van der Waals surface area contributed by atoms with E-state index < -0.39 is 124 Å². The van der Waals surface area contributed by atoms with E-state index in [2.05, 4.69) is 55.6 Å². The average molecular weight is 1330 g/mol. The average Bonchev–Trinajstić information content (AvgIpc) is 0.814. The van der Waals surface area contributed by atoms with Crippen LogP contribution in [0.3, 0.4) is 0 Å². The fourth-order valence-corrected chi connectivity index (χ4v) is 12.6. The lowest BCUT2D eigenvalue weighted by Gasteiger charge is -2.48. The first kappa shape index (κ1) is 85.0. The molecule has 0 spiro atoms. The Morgan fingerprint density at radius 3 is 1.11 bits per heavy atom. The van der Waals surface area contributed by atoms with Gasteiger partial charge in [-0.2, -0.15) is 0 Å². The van der Waals surface area contributed by atoms with Crippen LogP contribution in [0.4, 0.5) is 0 Å². The minimum Gasteiger partial charge on any atom is -0.394 e. The highest BCUT2D eigenvalue weighted by atomic mass is 16.8. The topological polar surface area (TPSA) is 307 Å². The summed E-state index contributed by atoms with van der Waals surface area (Å²) in [5.74, 6) is -0.281. The summed E-state index contributed by atoms with van der Waals surface area (Å²) in [4.78, 5) is 13.4. The van der Waals surface area contributed by atoms with E-state index in [0.29, 0.717) is 6.42 Å². The molecule has 0 aromatic carbocycles. The molecule has 93 heavy (non-hydrogen) atoms. The standard InChI is InChI=1S/C74H135NO18/c1-3-5-7-9-11-13-15-17-19-21-23-25-27-28-30-31-33-35-37-39-41-43-45-47-49-51-58(79)57(75-62(80)52-50-48-46-44-42-40-38-36-34-32-29-26-24-22-20-18-16-14-12-10-8-6-4-2)56-88-72-68(86)65(83)70(60(54-77)90-72)93-74-69(87)66(84)71(61(55-78)91-74)92-73-67(85)64(82)63(81)59(53-76)89-73/h16,18,22,24,29,32,49,51,57-61,63-74,76-79,81-87H,3-15,17,19-21,23,25-28,30-31,33-48,50,52-56H2,1-2H3,(H,75,80)/b18-16-,24-22-,32-29-,51-49+. The van der Waals surface area contributed by atoms with Gasteiger partial charge in [0.05, 0.1) is 38.6 Å². The van der Waals surface area contributed by atoms with Gasteiger partial charge in [0.15, 0.2) is 18.9 Å². The summed E-state index contributed by atoms with van der Waals surface area (Å²) in [6.07, 6.45) is 40.8. The fraction of sp³-hybridized carbons (Fsp3) is 0.878. The highest BCUT2D eigenvalue weighted by molar-refractivity contribution is 5.76. The Labute approximate surface area is 561 Å². The van der Waals surface area contributed by atoms with E-state index in [-0.39, 0.29) is 18.9 Å². The molecule has 3 fully saturated rings. The number of rotatable bonds is 58. The summed E-state index contributed by atoms with van der Waals surface area (Å²) in [6.45, 7) is 1.75. The van der Waals surface area contributed by atoms with Crippen molar-refractivity contribution in [3.05, 3.63) is 48.6 Å². The molecule has 19 heteroatoms. The molecule has 0 aliphatic carbocycles. The second-order valence-electron chi connectivity index (χ2n) is 26.8. The van der Waals surface area contributed by atoms with E-state index >= 15 is 0 Å². The van der Waals surface area contributed by atoms with E-state index in [1.165, 1.54) is 186 Å². The molecule has 0 aromatic heterocycles. The maximum absolute atomic E-state index is 13.4. The first-order valence-corrected chi connectivity index (χ1v) is 37.4. The van der Waals surface area contributed by atoms with Crippen LogP contribution in [0.5, 0.6) is 0 Å². The van der Waals surface area contributed by atoms with E-state index in [1.807, 2.05) is 6.08 Å². The van der Waals surface area contributed by atoms with Crippen LogP contribution in [0.25, 0.3) is 0 Å². The first-order valence-electron chi connectivity index (χ1n) is 37.4. The maximum atomic E-state index is 13.4. The molecular weight excluding hydrogens is 1190 g/mol. The van der Waals surface area contributed by atoms with Crippen molar-refractivity contribution in [3.8, 4) is 0 Å². The number of allylic oxidation sites excluding steroid dienone is 7. The van der Waals surface area contributed by atoms with E-state index in [1.54, 1.807) is 6.08 Å². The number of carbonyl (C=O) groups is 1. The third-order valence-electron chi connectivity index (χ3n) is 18.6. The molecule has 0 aromatic rings. The molecule has 3 heterocycles. The van der Waals surface area contributed by atoms with Crippen molar-refractivity contribution in [3.63, 3.8) is 0 Å². The summed E-state index contributed by atoms with van der Waals surface area (Å²) in [7, 11) is 0. The molecule has 12 N–H and O–H groups in total. The Bertz CT molecular complexity index is 1870. The van der Waals surface area contributed by atoms with Crippen molar-refractivity contribution in [2.75, 3.05) is 26.4 Å². The van der Waals surface area contributed by atoms with Gasteiger partial charge in [0.1, 0.15) is 73.2 Å². The van der Waals surface area contributed by atoms with Crippen molar-refractivity contribution in [1.29, 1.82) is 0 Å². The van der Waals surface area contributed by atoms with Crippen molar-refractivity contribution >= 4 is 5.91 Å². The minimum absolute atomic E-state index is 0.234.